The number of benzene rings is 1. The van der Waals surface area contributed by atoms with Crippen LogP contribution in [0.3, 0.4) is 0 Å². The molecule has 0 aliphatic heterocycles. The summed E-state index contributed by atoms with van der Waals surface area (Å²) in [6.45, 7) is 4.03. The Bertz CT molecular complexity index is 573. The van der Waals surface area contributed by atoms with Gasteiger partial charge >= 0.3 is 0 Å². The Labute approximate surface area is 125 Å². The maximum Gasteiger partial charge on any atom is 0.242 e. The summed E-state index contributed by atoms with van der Waals surface area (Å²) in [5, 5.41) is 0.572. The zero-order valence-electron chi connectivity index (χ0n) is 11.9. The number of nitrogens with two attached hydrogens (primary N) is 1. The van der Waals surface area contributed by atoms with E-state index in [1.165, 1.54) is 0 Å². The Kier molecular flexibility index (Phi) is 4.99. The van der Waals surface area contributed by atoms with E-state index in [1.54, 1.807) is 18.2 Å². The monoisotopic (exact) mass is 314 g/mol. The van der Waals surface area contributed by atoms with Gasteiger partial charge in [0.15, 0.2) is 0 Å². The molecule has 0 amide bonds. The zero-order valence-corrected chi connectivity index (χ0v) is 13.6. The number of aryl methyl sites for hydroxylation is 1. The molecule has 1 aromatic carbocycles. The predicted molar refractivity (Wildman–Crippen MR) is 85.5 cm³/mol. The molecule has 0 bridgehead atoms. The lowest BCUT2D eigenvalue weighted by molar-refractivity contribution is 0.553. The number of nitrogen functional groups attached to an aromatic ring is 1. The van der Waals surface area contributed by atoms with Crippen LogP contribution in [0.5, 0.6) is 0 Å². The van der Waals surface area contributed by atoms with Crippen molar-refractivity contribution in [2.45, 2.75) is 49.3 Å². The fraction of sp³-hybridized carbons (Fsp3) is 0.571. The van der Waals surface area contributed by atoms with E-state index in [0.717, 1.165) is 30.6 Å². The molecule has 0 saturated heterocycles. The van der Waals surface area contributed by atoms with Crippen molar-refractivity contribution >= 4 is 27.5 Å². The lowest BCUT2D eigenvalue weighted by atomic mass is 10.2. The van der Waals surface area contributed by atoms with Crippen molar-refractivity contribution in [1.29, 1.82) is 0 Å². The Balaban J connectivity index is 2.08. The number of nitrogens with one attached hydrogen (secondary N) is 1. The molecular formula is C14H22N2O2S2. The van der Waals surface area contributed by atoms with Gasteiger partial charge in [0.05, 0.1) is 5.69 Å². The summed E-state index contributed by atoms with van der Waals surface area (Å²) in [7, 11) is -3.51. The van der Waals surface area contributed by atoms with E-state index in [-0.39, 0.29) is 10.9 Å². The van der Waals surface area contributed by atoms with Crippen LogP contribution in [0, 0.1) is 6.92 Å². The minimum absolute atomic E-state index is 0.0322. The number of hydrogen-bond donors (Lipinski definition) is 2. The van der Waals surface area contributed by atoms with Crippen LogP contribution in [0.4, 0.5) is 5.69 Å². The smallest absolute Gasteiger partial charge is 0.242 e. The van der Waals surface area contributed by atoms with Crippen LogP contribution >= 0.6 is 11.8 Å². The summed E-state index contributed by atoms with van der Waals surface area (Å²) in [5.41, 5.74) is 7.11. The highest BCUT2D eigenvalue weighted by Gasteiger charge is 2.29. The molecule has 20 heavy (non-hydrogen) atoms. The first-order valence-corrected chi connectivity index (χ1v) is 9.45. The molecule has 0 radical (unpaired) electrons. The predicted octanol–water partition coefficient (Wildman–Crippen LogP) is 2.53. The Morgan fingerprint density at radius 2 is 2.15 bits per heavy atom. The van der Waals surface area contributed by atoms with Crippen LogP contribution in [0.25, 0.3) is 0 Å². The molecule has 2 rings (SSSR count). The lowest BCUT2D eigenvalue weighted by Crippen LogP contribution is -2.33. The average molecular weight is 314 g/mol. The molecule has 1 aliphatic carbocycles. The molecular weight excluding hydrogens is 292 g/mol. The molecule has 6 heteroatoms. The number of thioether (sulfide) groups is 1. The molecule has 4 nitrogen and oxygen atoms in total. The van der Waals surface area contributed by atoms with Gasteiger partial charge in [-0.2, -0.15) is 11.8 Å². The molecule has 0 spiro atoms. The second kappa shape index (κ2) is 6.37. The summed E-state index contributed by atoms with van der Waals surface area (Å²) in [6, 6.07) is 5.08. The summed E-state index contributed by atoms with van der Waals surface area (Å²) in [5.74, 6) is 1.08. The largest absolute Gasteiger partial charge is 0.398 e. The molecule has 2 atom stereocenters. The van der Waals surface area contributed by atoms with E-state index in [1.807, 2.05) is 18.7 Å². The highest BCUT2D eigenvalue weighted by atomic mass is 32.2. The molecule has 2 unspecified atom stereocenters. The van der Waals surface area contributed by atoms with Crippen LogP contribution in [-0.2, 0) is 10.0 Å². The van der Waals surface area contributed by atoms with E-state index in [4.69, 9.17) is 5.73 Å². The van der Waals surface area contributed by atoms with Crippen LogP contribution in [0.1, 0.15) is 31.7 Å². The Morgan fingerprint density at radius 1 is 1.40 bits per heavy atom. The summed E-state index contributed by atoms with van der Waals surface area (Å²) >= 11 is 1.91. The Hall–Kier alpha value is -0.720. The van der Waals surface area contributed by atoms with Gasteiger partial charge in [-0.25, -0.2) is 13.1 Å². The first-order chi connectivity index (χ1) is 9.42. The van der Waals surface area contributed by atoms with Gasteiger partial charge in [0.25, 0.3) is 0 Å². The quantitative estimate of drug-likeness (QED) is 0.819. The van der Waals surface area contributed by atoms with Crippen molar-refractivity contribution < 1.29 is 8.42 Å². The van der Waals surface area contributed by atoms with Gasteiger partial charge in [0.1, 0.15) is 4.90 Å². The van der Waals surface area contributed by atoms with E-state index < -0.39 is 10.0 Å². The fourth-order valence-corrected chi connectivity index (χ4v) is 5.17. The topological polar surface area (TPSA) is 72.2 Å². The highest BCUT2D eigenvalue weighted by Crippen LogP contribution is 2.31. The molecule has 1 aromatic rings. The molecule has 112 valence electrons. The van der Waals surface area contributed by atoms with Crippen molar-refractivity contribution in [3.05, 3.63) is 23.8 Å². The zero-order chi connectivity index (χ0) is 14.8. The summed E-state index contributed by atoms with van der Waals surface area (Å²) in [6.07, 6.45) is 2.89. The van der Waals surface area contributed by atoms with Gasteiger partial charge < -0.3 is 5.73 Å². The second-order valence-corrected chi connectivity index (χ2v) is 8.51. The number of hydrogen-bond acceptors (Lipinski definition) is 4. The number of rotatable bonds is 5. The standard InChI is InChI=1S/C14H22N2O2S2/c1-3-19-12-6-5-11(9-12)16-20(17,18)14-7-4-10(2)8-13(14)15/h4,7-8,11-12,16H,3,5-6,9,15H2,1-2H3. The molecule has 1 fully saturated rings. The lowest BCUT2D eigenvalue weighted by Gasteiger charge is -2.15. The first kappa shape index (κ1) is 15.7. The highest BCUT2D eigenvalue weighted by molar-refractivity contribution is 7.99. The van der Waals surface area contributed by atoms with Crippen LogP contribution in [0.2, 0.25) is 0 Å². The van der Waals surface area contributed by atoms with Gasteiger partial charge in [-0.15, -0.1) is 0 Å². The van der Waals surface area contributed by atoms with Gasteiger partial charge in [-0.3, -0.25) is 0 Å². The van der Waals surface area contributed by atoms with Crippen LogP contribution in [0.15, 0.2) is 23.1 Å². The SMILES string of the molecule is CCSC1CCC(NS(=O)(=O)c2ccc(C)cc2N)C1. The second-order valence-electron chi connectivity index (χ2n) is 5.25. The van der Waals surface area contributed by atoms with Gasteiger partial charge in [0, 0.05) is 11.3 Å². The van der Waals surface area contributed by atoms with Crippen molar-refractivity contribution in [3.63, 3.8) is 0 Å². The first-order valence-electron chi connectivity index (χ1n) is 6.92. The molecule has 3 N–H and O–H groups in total. The molecule has 0 heterocycles. The molecule has 1 aliphatic rings. The third-order valence-electron chi connectivity index (χ3n) is 3.56. The third kappa shape index (κ3) is 3.68. The maximum absolute atomic E-state index is 12.4. The Morgan fingerprint density at radius 3 is 2.80 bits per heavy atom. The van der Waals surface area contributed by atoms with Crippen LogP contribution in [-0.4, -0.2) is 25.5 Å². The van der Waals surface area contributed by atoms with Crippen molar-refractivity contribution in [1.82, 2.24) is 4.72 Å². The summed E-state index contributed by atoms with van der Waals surface area (Å²) < 4.78 is 27.6. The van der Waals surface area contributed by atoms with E-state index in [0.29, 0.717) is 10.9 Å². The fourth-order valence-electron chi connectivity index (χ4n) is 2.63. The van der Waals surface area contributed by atoms with Crippen LogP contribution < -0.4 is 10.5 Å². The normalized spacial score (nSPS) is 23.1. The number of anilines is 1. The van der Waals surface area contributed by atoms with E-state index in [2.05, 4.69) is 11.6 Å². The maximum atomic E-state index is 12.4. The molecule has 1 saturated carbocycles. The third-order valence-corrected chi connectivity index (χ3v) is 6.39. The summed E-state index contributed by atoms with van der Waals surface area (Å²) in [4.78, 5) is 0.190. The van der Waals surface area contributed by atoms with Crippen molar-refractivity contribution in [2.75, 3.05) is 11.5 Å². The van der Waals surface area contributed by atoms with E-state index >= 15 is 0 Å². The van der Waals surface area contributed by atoms with Gasteiger partial charge in [0.2, 0.25) is 10.0 Å². The van der Waals surface area contributed by atoms with E-state index in [9.17, 15) is 8.42 Å². The van der Waals surface area contributed by atoms with Crippen molar-refractivity contribution in [2.24, 2.45) is 0 Å². The molecule has 0 aromatic heterocycles. The van der Waals surface area contributed by atoms with Gasteiger partial charge in [-0.1, -0.05) is 13.0 Å². The van der Waals surface area contributed by atoms with Crippen molar-refractivity contribution in [3.8, 4) is 0 Å². The minimum Gasteiger partial charge on any atom is -0.398 e. The van der Waals surface area contributed by atoms with Gasteiger partial charge in [-0.05, 0) is 49.6 Å². The average Bonchev–Trinajstić information content (AvgIpc) is 2.75. The minimum atomic E-state index is -3.51. The number of sulfonamides is 1.